The molecule has 1 aliphatic heterocycles. The summed E-state index contributed by atoms with van der Waals surface area (Å²) < 4.78 is 5.23. The first-order chi connectivity index (χ1) is 15.9. The van der Waals surface area contributed by atoms with Gasteiger partial charge < -0.3 is 4.74 Å². The number of pyridine rings is 1. The molecule has 0 spiro atoms. The zero-order valence-electron chi connectivity index (χ0n) is 17.8. The molecule has 1 saturated heterocycles. The van der Waals surface area contributed by atoms with Crippen molar-refractivity contribution in [1.29, 1.82) is 0 Å². The summed E-state index contributed by atoms with van der Waals surface area (Å²) in [6.45, 7) is -0.425. The predicted molar refractivity (Wildman–Crippen MR) is 123 cm³/mol. The summed E-state index contributed by atoms with van der Waals surface area (Å²) in [5.74, 6) is -1.66. The van der Waals surface area contributed by atoms with E-state index in [9.17, 15) is 19.2 Å². The number of Topliss-reactive ketones (excluding diaryl/α,β-unsaturated/α-hetero) is 1. The lowest BCUT2D eigenvalue weighted by atomic mass is 10.0. The first kappa shape index (κ1) is 22.4. The molecule has 1 aromatic heterocycles. The highest BCUT2D eigenvalue weighted by atomic mass is 32.2. The van der Waals surface area contributed by atoms with Gasteiger partial charge in [-0.05, 0) is 23.3 Å². The number of carbonyl (C=O) groups excluding carboxylic acids is 4. The van der Waals surface area contributed by atoms with Crippen LogP contribution in [0.3, 0.4) is 0 Å². The van der Waals surface area contributed by atoms with Crippen LogP contribution in [0.25, 0.3) is 11.1 Å². The number of nitrogens with zero attached hydrogens (tertiary/aromatic N) is 2. The Morgan fingerprint density at radius 2 is 1.70 bits per heavy atom. The number of hydrogen-bond acceptors (Lipinski definition) is 7. The molecule has 0 radical (unpaired) electrons. The third-order valence-electron chi connectivity index (χ3n) is 5.23. The van der Waals surface area contributed by atoms with Crippen LogP contribution in [-0.2, 0) is 14.3 Å². The minimum Gasteiger partial charge on any atom is -0.454 e. The molecule has 2 aromatic carbocycles. The second-order valence-electron chi connectivity index (χ2n) is 7.40. The van der Waals surface area contributed by atoms with Gasteiger partial charge in [-0.3, -0.25) is 19.3 Å². The van der Waals surface area contributed by atoms with Crippen LogP contribution in [0.2, 0.25) is 0 Å². The van der Waals surface area contributed by atoms with E-state index in [-0.39, 0.29) is 34.6 Å². The molecule has 1 atom stereocenters. The van der Waals surface area contributed by atoms with Crippen molar-refractivity contribution < 1.29 is 23.9 Å². The maximum absolute atomic E-state index is 12.6. The standard InChI is InChI=1S/C25H20N2O5S/c1-27-22(29)14-21(24(27)30)33-23-19(8-5-13-26-23)25(31)32-15-20(28)18-11-9-17(10-12-18)16-6-3-2-4-7-16/h2-13,21H,14-15H2,1H3. The van der Waals surface area contributed by atoms with E-state index in [4.69, 9.17) is 4.74 Å². The van der Waals surface area contributed by atoms with Crippen molar-refractivity contribution in [2.45, 2.75) is 16.7 Å². The second-order valence-corrected chi connectivity index (χ2v) is 8.59. The fraction of sp³-hybridized carbons (Fsp3) is 0.160. The topological polar surface area (TPSA) is 93.6 Å². The molecule has 2 amide bonds. The minimum atomic E-state index is -0.718. The Morgan fingerprint density at radius 1 is 1.00 bits per heavy atom. The molecule has 166 valence electrons. The van der Waals surface area contributed by atoms with E-state index in [1.807, 2.05) is 42.5 Å². The number of thioether (sulfide) groups is 1. The molecule has 0 bridgehead atoms. The fourth-order valence-corrected chi connectivity index (χ4v) is 4.51. The van der Waals surface area contributed by atoms with E-state index in [1.165, 1.54) is 19.3 Å². The SMILES string of the molecule is CN1C(=O)CC(Sc2ncccc2C(=O)OCC(=O)c2ccc(-c3ccccc3)cc2)C1=O. The van der Waals surface area contributed by atoms with Crippen molar-refractivity contribution in [2.75, 3.05) is 13.7 Å². The second kappa shape index (κ2) is 9.79. The number of aromatic nitrogens is 1. The van der Waals surface area contributed by atoms with Gasteiger partial charge in [-0.1, -0.05) is 66.4 Å². The van der Waals surface area contributed by atoms with E-state index >= 15 is 0 Å². The highest BCUT2D eigenvalue weighted by Gasteiger charge is 2.37. The molecule has 3 aromatic rings. The molecular formula is C25H20N2O5S. The zero-order chi connectivity index (χ0) is 23.4. The summed E-state index contributed by atoms with van der Waals surface area (Å²) in [7, 11) is 1.43. The van der Waals surface area contributed by atoms with E-state index in [1.54, 1.807) is 18.2 Å². The lowest BCUT2D eigenvalue weighted by molar-refractivity contribution is -0.136. The Labute approximate surface area is 194 Å². The van der Waals surface area contributed by atoms with E-state index in [0.29, 0.717) is 5.56 Å². The Kier molecular flexibility index (Phi) is 6.65. The van der Waals surface area contributed by atoms with Crippen LogP contribution < -0.4 is 0 Å². The van der Waals surface area contributed by atoms with E-state index < -0.39 is 17.8 Å². The number of likely N-dealkylation sites (tertiary alicyclic amines) is 1. The predicted octanol–water partition coefficient (Wildman–Crippen LogP) is 3.64. The third kappa shape index (κ3) is 5.01. The van der Waals surface area contributed by atoms with Gasteiger partial charge in [0, 0.05) is 25.2 Å². The number of rotatable bonds is 7. The third-order valence-corrected chi connectivity index (χ3v) is 6.43. The van der Waals surface area contributed by atoms with Crippen LogP contribution in [-0.4, -0.2) is 52.4 Å². The maximum atomic E-state index is 12.6. The molecule has 0 aliphatic carbocycles. The largest absolute Gasteiger partial charge is 0.454 e. The Bertz CT molecular complexity index is 1210. The summed E-state index contributed by atoms with van der Waals surface area (Å²) in [4.78, 5) is 54.3. The lowest BCUT2D eigenvalue weighted by Gasteiger charge is -2.11. The molecular weight excluding hydrogens is 440 g/mol. The number of hydrogen-bond donors (Lipinski definition) is 0. The molecule has 8 heteroatoms. The van der Waals surface area contributed by atoms with Crippen LogP contribution >= 0.6 is 11.8 Å². The highest BCUT2D eigenvalue weighted by molar-refractivity contribution is 8.00. The van der Waals surface area contributed by atoms with Crippen molar-refractivity contribution in [3.8, 4) is 11.1 Å². The number of ketones is 1. The molecule has 0 saturated carbocycles. The Balaban J connectivity index is 1.39. The Morgan fingerprint density at radius 3 is 2.36 bits per heavy atom. The quantitative estimate of drug-likeness (QED) is 0.302. The zero-order valence-corrected chi connectivity index (χ0v) is 18.6. The summed E-state index contributed by atoms with van der Waals surface area (Å²) in [5.41, 5.74) is 2.59. The molecule has 1 fully saturated rings. The number of esters is 1. The van der Waals surface area contributed by atoms with Gasteiger partial charge in [-0.2, -0.15) is 0 Å². The van der Waals surface area contributed by atoms with Gasteiger partial charge in [-0.25, -0.2) is 9.78 Å². The van der Waals surface area contributed by atoms with Gasteiger partial charge in [0.05, 0.1) is 10.8 Å². The van der Waals surface area contributed by atoms with Gasteiger partial charge in [-0.15, -0.1) is 0 Å². The summed E-state index contributed by atoms with van der Waals surface area (Å²) >= 11 is 1.04. The molecule has 2 heterocycles. The minimum absolute atomic E-state index is 0.0442. The van der Waals surface area contributed by atoms with E-state index in [2.05, 4.69) is 4.98 Å². The smallest absolute Gasteiger partial charge is 0.341 e. The molecule has 33 heavy (non-hydrogen) atoms. The fourth-order valence-electron chi connectivity index (χ4n) is 3.36. The monoisotopic (exact) mass is 460 g/mol. The molecule has 0 N–H and O–H groups in total. The van der Waals surface area contributed by atoms with Crippen molar-refractivity contribution >= 4 is 35.3 Å². The van der Waals surface area contributed by atoms with Crippen LogP contribution in [0.1, 0.15) is 27.1 Å². The van der Waals surface area contributed by atoms with Crippen LogP contribution in [0.4, 0.5) is 0 Å². The van der Waals surface area contributed by atoms with Crippen molar-refractivity contribution in [1.82, 2.24) is 9.88 Å². The summed E-state index contributed by atoms with van der Waals surface area (Å²) in [5, 5.41) is -0.364. The van der Waals surface area contributed by atoms with Gasteiger partial charge in [0.2, 0.25) is 11.8 Å². The summed E-state index contributed by atoms with van der Waals surface area (Å²) in [6.07, 6.45) is 1.53. The number of carbonyl (C=O) groups is 4. The number of amides is 2. The normalized spacial score (nSPS) is 15.5. The van der Waals surface area contributed by atoms with Crippen LogP contribution in [0.5, 0.6) is 0 Å². The average Bonchev–Trinajstić information content (AvgIpc) is 3.09. The molecule has 4 rings (SSSR count). The lowest BCUT2D eigenvalue weighted by Crippen LogP contribution is -2.26. The van der Waals surface area contributed by atoms with Crippen LogP contribution in [0, 0.1) is 0 Å². The maximum Gasteiger partial charge on any atom is 0.341 e. The van der Waals surface area contributed by atoms with Crippen LogP contribution in [0.15, 0.2) is 78.0 Å². The number of benzene rings is 2. The number of imide groups is 1. The van der Waals surface area contributed by atoms with Crippen molar-refractivity contribution in [3.05, 3.63) is 84.1 Å². The Hall–Kier alpha value is -3.78. The van der Waals surface area contributed by atoms with E-state index in [0.717, 1.165) is 27.8 Å². The number of ether oxygens (including phenoxy) is 1. The van der Waals surface area contributed by atoms with Gasteiger partial charge in [0.15, 0.2) is 12.4 Å². The van der Waals surface area contributed by atoms with Gasteiger partial charge >= 0.3 is 5.97 Å². The summed E-state index contributed by atoms with van der Waals surface area (Å²) in [6, 6.07) is 20.0. The highest BCUT2D eigenvalue weighted by Crippen LogP contribution is 2.32. The van der Waals surface area contributed by atoms with Gasteiger partial charge in [0.25, 0.3) is 0 Å². The first-order valence-corrected chi connectivity index (χ1v) is 11.1. The molecule has 1 aliphatic rings. The molecule has 7 nitrogen and oxygen atoms in total. The molecule has 1 unspecified atom stereocenters. The average molecular weight is 461 g/mol. The van der Waals surface area contributed by atoms with Gasteiger partial charge in [0.1, 0.15) is 5.03 Å². The van der Waals surface area contributed by atoms with Crippen molar-refractivity contribution in [2.24, 2.45) is 0 Å². The van der Waals surface area contributed by atoms with Crippen molar-refractivity contribution in [3.63, 3.8) is 0 Å². The first-order valence-electron chi connectivity index (χ1n) is 10.2.